The maximum absolute atomic E-state index is 12.8. The van der Waals surface area contributed by atoms with Crippen LogP contribution < -0.4 is 4.18 Å². The zero-order valence-corrected chi connectivity index (χ0v) is 23.6. The van der Waals surface area contributed by atoms with Crippen molar-refractivity contribution in [2.45, 2.75) is 59.6 Å². The van der Waals surface area contributed by atoms with E-state index in [-0.39, 0.29) is 11.7 Å². The van der Waals surface area contributed by atoms with Gasteiger partial charge in [0.25, 0.3) is 0 Å². The summed E-state index contributed by atoms with van der Waals surface area (Å²) in [5.74, 6) is 0.853. The van der Waals surface area contributed by atoms with Crippen LogP contribution in [0.15, 0.2) is 60.7 Å². The molecule has 1 heterocycles. The third-order valence-corrected chi connectivity index (χ3v) is 6.47. The van der Waals surface area contributed by atoms with Crippen LogP contribution >= 0.6 is 0 Å². The zero-order chi connectivity index (χ0) is 27.7. The van der Waals surface area contributed by atoms with Crippen LogP contribution in [0.2, 0.25) is 0 Å². The summed E-state index contributed by atoms with van der Waals surface area (Å²) in [5.41, 5.74) is 5.23. The first kappa shape index (κ1) is 27.4. The van der Waals surface area contributed by atoms with Crippen molar-refractivity contribution < 1.29 is 22.1 Å². The molecular formula is C30H34N2O5S. The van der Waals surface area contributed by atoms with Gasteiger partial charge in [0.1, 0.15) is 17.2 Å². The first-order valence-corrected chi connectivity index (χ1v) is 14.5. The summed E-state index contributed by atoms with van der Waals surface area (Å²) in [5, 5.41) is 0. The number of ether oxygens (including phenoxy) is 1. The predicted octanol–water partition coefficient (Wildman–Crippen LogP) is 6.31. The van der Waals surface area contributed by atoms with Gasteiger partial charge in [-0.05, 0) is 68.5 Å². The maximum atomic E-state index is 12.8. The van der Waals surface area contributed by atoms with E-state index in [0.29, 0.717) is 12.1 Å². The van der Waals surface area contributed by atoms with Crippen molar-refractivity contribution in [1.82, 2.24) is 9.55 Å². The van der Waals surface area contributed by atoms with E-state index in [1.807, 2.05) is 70.2 Å². The molecular weight excluding hydrogens is 500 g/mol. The third-order valence-electron chi connectivity index (χ3n) is 5.97. The van der Waals surface area contributed by atoms with E-state index in [9.17, 15) is 13.2 Å². The molecule has 0 N–H and O–H groups in total. The quantitative estimate of drug-likeness (QED) is 0.195. The topological polar surface area (TPSA) is 87.5 Å². The first-order chi connectivity index (χ1) is 17.8. The van der Waals surface area contributed by atoms with E-state index in [0.717, 1.165) is 58.2 Å². The van der Waals surface area contributed by atoms with Crippen molar-refractivity contribution in [3.8, 4) is 16.9 Å². The molecule has 3 aromatic carbocycles. The SMILES string of the molecule is CCCc1nc2c(C)cc(OS(C)(=O)=O)cc2n1Cc1ccc(-c2ccccc2C(=O)OC(C)(C)C)cc1. The molecule has 38 heavy (non-hydrogen) atoms. The number of aryl methyl sites for hydroxylation is 2. The van der Waals surface area contributed by atoms with Gasteiger partial charge in [-0.25, -0.2) is 9.78 Å². The molecule has 0 atom stereocenters. The number of aromatic nitrogens is 2. The number of rotatable bonds is 8. The van der Waals surface area contributed by atoms with Gasteiger partial charge in [-0.15, -0.1) is 0 Å². The van der Waals surface area contributed by atoms with Gasteiger partial charge in [-0.1, -0.05) is 49.4 Å². The highest BCUT2D eigenvalue weighted by molar-refractivity contribution is 7.86. The molecule has 4 rings (SSSR count). The van der Waals surface area contributed by atoms with Crippen molar-refractivity contribution in [3.05, 3.63) is 83.2 Å². The number of hydrogen-bond acceptors (Lipinski definition) is 6. The minimum absolute atomic E-state index is 0.274. The second-order valence-electron chi connectivity index (χ2n) is 10.5. The highest BCUT2D eigenvalue weighted by Crippen LogP contribution is 2.29. The zero-order valence-electron chi connectivity index (χ0n) is 22.7. The summed E-state index contributed by atoms with van der Waals surface area (Å²) >= 11 is 0. The van der Waals surface area contributed by atoms with Crippen LogP contribution in [0.3, 0.4) is 0 Å². The minimum Gasteiger partial charge on any atom is -0.456 e. The molecule has 8 heteroatoms. The molecule has 1 aromatic heterocycles. The number of esters is 1. The molecule has 0 bridgehead atoms. The molecule has 0 aliphatic heterocycles. The van der Waals surface area contributed by atoms with E-state index in [1.54, 1.807) is 18.2 Å². The highest BCUT2D eigenvalue weighted by atomic mass is 32.2. The maximum Gasteiger partial charge on any atom is 0.339 e. The number of carbonyl (C=O) groups excluding carboxylic acids is 1. The number of nitrogens with zero attached hydrogens (tertiary/aromatic N) is 2. The smallest absolute Gasteiger partial charge is 0.339 e. The van der Waals surface area contributed by atoms with Crippen LogP contribution in [0.5, 0.6) is 5.75 Å². The van der Waals surface area contributed by atoms with Crippen molar-refractivity contribution in [1.29, 1.82) is 0 Å². The fraction of sp³-hybridized carbons (Fsp3) is 0.333. The molecule has 0 unspecified atom stereocenters. The van der Waals surface area contributed by atoms with Gasteiger partial charge in [0.15, 0.2) is 0 Å². The van der Waals surface area contributed by atoms with Crippen LogP contribution in [-0.2, 0) is 27.8 Å². The van der Waals surface area contributed by atoms with Gasteiger partial charge in [-0.3, -0.25) is 0 Å². The molecule has 200 valence electrons. The molecule has 0 aliphatic carbocycles. The Morgan fingerprint density at radius 1 is 1.03 bits per heavy atom. The lowest BCUT2D eigenvalue weighted by molar-refractivity contribution is 0.00704. The van der Waals surface area contributed by atoms with Gasteiger partial charge in [0.05, 0.1) is 22.9 Å². The highest BCUT2D eigenvalue weighted by Gasteiger charge is 2.21. The summed E-state index contributed by atoms with van der Waals surface area (Å²) < 4.78 is 36.4. The van der Waals surface area contributed by atoms with Gasteiger partial charge in [-0.2, -0.15) is 8.42 Å². The van der Waals surface area contributed by atoms with Crippen LogP contribution in [0.4, 0.5) is 0 Å². The number of fused-ring (bicyclic) bond motifs is 1. The van der Waals surface area contributed by atoms with Crippen molar-refractivity contribution in [2.75, 3.05) is 6.26 Å². The Bertz CT molecular complexity index is 1580. The van der Waals surface area contributed by atoms with Crippen molar-refractivity contribution >= 4 is 27.1 Å². The first-order valence-electron chi connectivity index (χ1n) is 12.7. The van der Waals surface area contributed by atoms with E-state index in [4.69, 9.17) is 13.9 Å². The molecule has 0 radical (unpaired) electrons. The van der Waals surface area contributed by atoms with E-state index in [1.165, 1.54) is 0 Å². The number of hydrogen-bond donors (Lipinski definition) is 0. The lowest BCUT2D eigenvalue weighted by Crippen LogP contribution is -2.24. The second kappa shape index (κ2) is 10.6. The van der Waals surface area contributed by atoms with Gasteiger partial charge < -0.3 is 13.5 Å². The Morgan fingerprint density at radius 2 is 1.71 bits per heavy atom. The number of carbonyl (C=O) groups is 1. The molecule has 0 fully saturated rings. The lowest BCUT2D eigenvalue weighted by atomic mass is 9.98. The van der Waals surface area contributed by atoms with E-state index in [2.05, 4.69) is 11.5 Å². The minimum atomic E-state index is -3.65. The third kappa shape index (κ3) is 6.42. The summed E-state index contributed by atoms with van der Waals surface area (Å²) in [4.78, 5) is 17.7. The average molecular weight is 535 g/mol. The van der Waals surface area contributed by atoms with E-state index >= 15 is 0 Å². The van der Waals surface area contributed by atoms with E-state index < -0.39 is 15.7 Å². The van der Waals surface area contributed by atoms with Crippen LogP contribution in [-0.4, -0.2) is 35.8 Å². The van der Waals surface area contributed by atoms with Crippen molar-refractivity contribution in [2.24, 2.45) is 0 Å². The standard InChI is InChI=1S/C30H34N2O5S/c1-7-10-27-31-28-20(2)17-23(37-38(6,34)35)18-26(28)32(27)19-21-13-15-22(16-14-21)24-11-8-9-12-25(24)29(33)36-30(3,4)5/h8-9,11-18H,7,10,19H2,1-6H3. The van der Waals surface area contributed by atoms with Crippen LogP contribution in [0.25, 0.3) is 22.2 Å². The molecule has 0 spiro atoms. The Labute approximate surface area is 224 Å². The summed E-state index contributed by atoms with van der Waals surface area (Å²) in [6.07, 6.45) is 2.75. The number of imidazole rings is 1. The monoisotopic (exact) mass is 534 g/mol. The van der Waals surface area contributed by atoms with Crippen LogP contribution in [0.1, 0.15) is 61.4 Å². The normalized spacial score (nSPS) is 12.1. The Kier molecular flexibility index (Phi) is 7.65. The lowest BCUT2D eigenvalue weighted by Gasteiger charge is -2.20. The molecule has 7 nitrogen and oxygen atoms in total. The molecule has 0 aliphatic rings. The summed E-state index contributed by atoms with van der Waals surface area (Å²) in [7, 11) is -3.65. The summed E-state index contributed by atoms with van der Waals surface area (Å²) in [6.45, 7) is 10.1. The summed E-state index contributed by atoms with van der Waals surface area (Å²) in [6, 6.07) is 19.0. The van der Waals surface area contributed by atoms with Gasteiger partial charge in [0.2, 0.25) is 0 Å². The Hall–Kier alpha value is -3.65. The fourth-order valence-electron chi connectivity index (χ4n) is 4.44. The van der Waals surface area contributed by atoms with Crippen LogP contribution in [0, 0.1) is 6.92 Å². The average Bonchev–Trinajstić information content (AvgIpc) is 3.15. The number of benzene rings is 3. The second-order valence-corrected chi connectivity index (χ2v) is 12.1. The molecule has 4 aromatic rings. The molecule has 0 saturated carbocycles. The molecule has 0 amide bonds. The van der Waals surface area contributed by atoms with Gasteiger partial charge in [0, 0.05) is 19.0 Å². The molecule has 0 saturated heterocycles. The van der Waals surface area contributed by atoms with Crippen molar-refractivity contribution in [3.63, 3.8) is 0 Å². The Balaban J connectivity index is 1.69. The van der Waals surface area contributed by atoms with Gasteiger partial charge >= 0.3 is 16.1 Å². The Morgan fingerprint density at radius 3 is 2.34 bits per heavy atom. The fourth-order valence-corrected chi connectivity index (χ4v) is 4.89. The predicted molar refractivity (Wildman–Crippen MR) is 150 cm³/mol. The largest absolute Gasteiger partial charge is 0.456 e.